The van der Waals surface area contributed by atoms with E-state index in [9.17, 15) is 4.79 Å². The number of nitrogens with zero attached hydrogens (tertiary/aromatic N) is 1. The van der Waals surface area contributed by atoms with Crippen LogP contribution in [0.5, 0.6) is 0 Å². The molecule has 1 amide bonds. The van der Waals surface area contributed by atoms with Crippen LogP contribution in [0.4, 0.5) is 0 Å². The molecule has 0 radical (unpaired) electrons. The molecular weight excluding hydrogens is 176 g/mol. The van der Waals surface area contributed by atoms with E-state index in [0.29, 0.717) is 19.4 Å². The van der Waals surface area contributed by atoms with E-state index in [0.717, 1.165) is 19.3 Å². The fraction of sp³-hybridized carbons (Fsp3) is 0.636. The topological polar surface area (TPSA) is 52.9 Å². The van der Waals surface area contributed by atoms with Crippen molar-refractivity contribution in [2.24, 2.45) is 5.41 Å². The molecule has 3 nitrogen and oxygen atoms in total. The molecule has 0 heterocycles. The Labute approximate surface area is 84.5 Å². The second-order valence-electron chi connectivity index (χ2n) is 3.61. The van der Waals surface area contributed by atoms with Gasteiger partial charge < -0.3 is 5.32 Å². The Bertz CT molecular complexity index is 291. The maximum Gasteiger partial charge on any atom is 0.240 e. The number of nitrogens with one attached hydrogen (secondary N) is 1. The first-order valence-electron chi connectivity index (χ1n) is 4.88. The minimum Gasteiger partial charge on any atom is -0.355 e. The largest absolute Gasteiger partial charge is 0.355 e. The number of carbonyl (C=O) groups is 1. The lowest BCUT2D eigenvalue weighted by Gasteiger charge is -2.06. The smallest absolute Gasteiger partial charge is 0.240 e. The number of terminal acetylenes is 1. The van der Waals surface area contributed by atoms with Crippen LogP contribution in [-0.2, 0) is 4.79 Å². The molecule has 0 saturated heterocycles. The Morgan fingerprint density at radius 3 is 2.71 bits per heavy atom. The number of amides is 1. The van der Waals surface area contributed by atoms with Crippen LogP contribution in [0.2, 0.25) is 0 Å². The lowest BCUT2D eigenvalue weighted by atomic mass is 10.1. The summed E-state index contributed by atoms with van der Waals surface area (Å²) in [6, 6.07) is 2.06. The van der Waals surface area contributed by atoms with Gasteiger partial charge in [0.1, 0.15) is 5.41 Å². The van der Waals surface area contributed by atoms with E-state index in [-0.39, 0.29) is 5.91 Å². The maximum absolute atomic E-state index is 11.4. The van der Waals surface area contributed by atoms with E-state index in [2.05, 4.69) is 17.3 Å². The molecule has 1 N–H and O–H groups in total. The van der Waals surface area contributed by atoms with Gasteiger partial charge in [-0.2, -0.15) is 5.26 Å². The van der Waals surface area contributed by atoms with Gasteiger partial charge in [-0.3, -0.25) is 4.79 Å². The minimum atomic E-state index is -0.688. The predicted octanol–water partition coefficient (Wildman–Crippen LogP) is 1.21. The number of unbranched alkanes of at least 4 members (excludes halogenated alkanes) is 2. The van der Waals surface area contributed by atoms with Crippen molar-refractivity contribution in [1.29, 1.82) is 5.26 Å². The number of hydrogen-bond donors (Lipinski definition) is 1. The summed E-state index contributed by atoms with van der Waals surface area (Å²) in [6.07, 6.45) is 9.07. The minimum absolute atomic E-state index is 0.110. The summed E-state index contributed by atoms with van der Waals surface area (Å²) in [5.41, 5.74) is -0.688. The van der Waals surface area contributed by atoms with Crippen LogP contribution < -0.4 is 5.32 Å². The molecule has 0 aromatic carbocycles. The second-order valence-corrected chi connectivity index (χ2v) is 3.61. The number of rotatable bonds is 5. The van der Waals surface area contributed by atoms with Crippen LogP contribution in [0.1, 0.15) is 32.1 Å². The third kappa shape index (κ3) is 2.50. The molecule has 0 aromatic rings. The number of hydrogen-bond acceptors (Lipinski definition) is 2. The summed E-state index contributed by atoms with van der Waals surface area (Å²) in [5.74, 6) is 2.43. The van der Waals surface area contributed by atoms with Crippen molar-refractivity contribution in [3.63, 3.8) is 0 Å². The maximum atomic E-state index is 11.4. The van der Waals surface area contributed by atoms with E-state index in [1.54, 1.807) is 0 Å². The second kappa shape index (κ2) is 4.67. The van der Waals surface area contributed by atoms with Gasteiger partial charge in [-0.05, 0) is 25.7 Å². The highest BCUT2D eigenvalue weighted by atomic mass is 16.2. The van der Waals surface area contributed by atoms with Crippen molar-refractivity contribution in [3.05, 3.63) is 0 Å². The molecule has 0 aliphatic heterocycles. The average Bonchev–Trinajstić information content (AvgIpc) is 2.98. The molecule has 3 heteroatoms. The Balaban J connectivity index is 2.11. The van der Waals surface area contributed by atoms with Crippen LogP contribution in [-0.4, -0.2) is 12.5 Å². The predicted molar refractivity (Wildman–Crippen MR) is 53.0 cm³/mol. The van der Waals surface area contributed by atoms with Crippen molar-refractivity contribution in [3.8, 4) is 18.4 Å². The zero-order valence-corrected chi connectivity index (χ0v) is 8.18. The molecule has 0 atom stereocenters. The van der Waals surface area contributed by atoms with Gasteiger partial charge in [-0.25, -0.2) is 0 Å². The first-order valence-corrected chi connectivity index (χ1v) is 4.88. The van der Waals surface area contributed by atoms with E-state index < -0.39 is 5.41 Å². The molecule has 0 aromatic heterocycles. The van der Waals surface area contributed by atoms with Crippen LogP contribution in [0.25, 0.3) is 0 Å². The molecule has 1 fully saturated rings. The van der Waals surface area contributed by atoms with Crippen molar-refractivity contribution in [2.75, 3.05) is 6.54 Å². The summed E-state index contributed by atoms with van der Waals surface area (Å²) in [7, 11) is 0. The van der Waals surface area contributed by atoms with E-state index >= 15 is 0 Å². The van der Waals surface area contributed by atoms with E-state index in [4.69, 9.17) is 11.7 Å². The number of nitriles is 1. The SMILES string of the molecule is C#CCCCCNC(=O)C1(C#N)CC1. The zero-order valence-electron chi connectivity index (χ0n) is 8.18. The highest BCUT2D eigenvalue weighted by Gasteiger charge is 2.50. The quantitative estimate of drug-likeness (QED) is 0.523. The zero-order chi connectivity index (χ0) is 10.4. The Morgan fingerprint density at radius 1 is 1.50 bits per heavy atom. The van der Waals surface area contributed by atoms with Gasteiger partial charge in [0.15, 0.2) is 0 Å². The molecule has 1 rings (SSSR count). The van der Waals surface area contributed by atoms with Gasteiger partial charge >= 0.3 is 0 Å². The molecule has 1 saturated carbocycles. The number of carbonyl (C=O) groups excluding carboxylic acids is 1. The normalized spacial score (nSPS) is 16.4. The van der Waals surface area contributed by atoms with Crippen molar-refractivity contribution < 1.29 is 4.79 Å². The van der Waals surface area contributed by atoms with E-state index in [1.165, 1.54) is 0 Å². The lowest BCUT2D eigenvalue weighted by molar-refractivity contribution is -0.124. The van der Waals surface area contributed by atoms with Crippen molar-refractivity contribution in [1.82, 2.24) is 5.32 Å². The molecule has 1 aliphatic carbocycles. The van der Waals surface area contributed by atoms with Crippen LogP contribution in [0.3, 0.4) is 0 Å². The van der Waals surface area contributed by atoms with Gasteiger partial charge in [0.25, 0.3) is 0 Å². The summed E-state index contributed by atoms with van der Waals surface area (Å²) in [5, 5.41) is 11.5. The van der Waals surface area contributed by atoms with Gasteiger partial charge in [0.2, 0.25) is 5.91 Å². The molecular formula is C11H14N2O. The molecule has 0 spiro atoms. The summed E-state index contributed by atoms with van der Waals surface area (Å²) < 4.78 is 0. The average molecular weight is 190 g/mol. The summed E-state index contributed by atoms with van der Waals surface area (Å²) in [6.45, 7) is 0.629. The molecule has 0 bridgehead atoms. The Hall–Kier alpha value is -1.48. The van der Waals surface area contributed by atoms with Gasteiger partial charge in [0.05, 0.1) is 6.07 Å². The summed E-state index contributed by atoms with van der Waals surface area (Å²) >= 11 is 0. The van der Waals surface area contributed by atoms with Crippen molar-refractivity contribution >= 4 is 5.91 Å². The Kier molecular flexibility index (Phi) is 3.54. The lowest BCUT2D eigenvalue weighted by Crippen LogP contribution is -2.31. The molecule has 74 valence electrons. The van der Waals surface area contributed by atoms with Crippen LogP contribution in [0.15, 0.2) is 0 Å². The summed E-state index contributed by atoms with van der Waals surface area (Å²) in [4.78, 5) is 11.4. The molecule has 0 unspecified atom stereocenters. The highest BCUT2D eigenvalue weighted by Crippen LogP contribution is 2.44. The first kappa shape index (κ1) is 10.6. The first-order chi connectivity index (χ1) is 6.75. The Morgan fingerprint density at radius 2 is 2.21 bits per heavy atom. The molecule has 14 heavy (non-hydrogen) atoms. The standard InChI is InChI=1S/C11H14N2O/c1-2-3-4-5-8-13-10(14)11(9-12)6-7-11/h1H,3-8H2,(H,13,14). The fourth-order valence-corrected chi connectivity index (χ4v) is 1.24. The molecule has 1 aliphatic rings. The third-order valence-corrected chi connectivity index (χ3v) is 2.43. The van der Waals surface area contributed by atoms with Crippen LogP contribution >= 0.6 is 0 Å². The van der Waals surface area contributed by atoms with Gasteiger partial charge in [-0.1, -0.05) is 0 Å². The van der Waals surface area contributed by atoms with Gasteiger partial charge in [0, 0.05) is 13.0 Å². The fourth-order valence-electron chi connectivity index (χ4n) is 1.24. The van der Waals surface area contributed by atoms with Crippen molar-refractivity contribution in [2.45, 2.75) is 32.1 Å². The van der Waals surface area contributed by atoms with Gasteiger partial charge in [-0.15, -0.1) is 12.3 Å². The highest BCUT2D eigenvalue weighted by molar-refractivity contribution is 5.88. The third-order valence-electron chi connectivity index (χ3n) is 2.43. The monoisotopic (exact) mass is 190 g/mol. The van der Waals surface area contributed by atoms with E-state index in [1.807, 2.05) is 0 Å². The van der Waals surface area contributed by atoms with Crippen LogP contribution in [0, 0.1) is 29.1 Å².